The maximum atomic E-state index is 11.6. The lowest BCUT2D eigenvalue weighted by Crippen LogP contribution is -2.32. The Morgan fingerprint density at radius 2 is 1.89 bits per heavy atom. The number of hydrogen-bond donors (Lipinski definition) is 4. The average molecular weight is 263 g/mol. The smallest absolute Gasteiger partial charge is 0.353 e. The van der Waals surface area contributed by atoms with Crippen molar-refractivity contribution in [1.29, 1.82) is 0 Å². The fourth-order valence-corrected chi connectivity index (χ4v) is 1.21. The highest BCUT2D eigenvalue weighted by atomic mass is 16.7. The summed E-state index contributed by atoms with van der Waals surface area (Å²) in [7, 11) is 0. The molecule has 5 N–H and O–H groups in total. The van der Waals surface area contributed by atoms with Crippen LogP contribution in [0.5, 0.6) is 6.01 Å². The maximum Gasteiger partial charge on any atom is 0.353 e. The molecule has 2 aromatic rings. The van der Waals surface area contributed by atoms with Crippen LogP contribution in [0.4, 0.5) is 5.69 Å². The van der Waals surface area contributed by atoms with Gasteiger partial charge in [0.15, 0.2) is 0 Å². The summed E-state index contributed by atoms with van der Waals surface area (Å²) in [4.78, 5) is 45.3. The van der Waals surface area contributed by atoms with Gasteiger partial charge in [0.05, 0.1) is 0 Å². The highest BCUT2D eigenvalue weighted by Gasteiger charge is 2.07. The van der Waals surface area contributed by atoms with Crippen LogP contribution in [0.3, 0.4) is 0 Å². The molecule has 1 aromatic heterocycles. The minimum atomic E-state index is -0.888. The number of hydroxylamine groups is 1. The number of nitrogens with one attached hydrogen (secondary N) is 3. The van der Waals surface area contributed by atoms with Crippen molar-refractivity contribution in [2.75, 3.05) is 5.73 Å². The highest BCUT2D eigenvalue weighted by molar-refractivity contribution is 5.93. The number of carbonyl (C=O) groups excluding carboxylic acids is 1. The third-order valence-corrected chi connectivity index (χ3v) is 2.06. The number of aromatic nitrogens is 3. The van der Waals surface area contributed by atoms with Crippen LogP contribution in [0.15, 0.2) is 33.9 Å². The van der Waals surface area contributed by atoms with Gasteiger partial charge in [0, 0.05) is 11.3 Å². The predicted molar refractivity (Wildman–Crippen MR) is 64.4 cm³/mol. The number of nitrogens with zero attached hydrogens (tertiary/aromatic N) is 1. The second-order valence-electron chi connectivity index (χ2n) is 3.46. The molecule has 2 rings (SSSR count). The van der Waals surface area contributed by atoms with E-state index in [-0.39, 0.29) is 0 Å². The zero-order chi connectivity index (χ0) is 13.8. The molecule has 19 heavy (non-hydrogen) atoms. The van der Waals surface area contributed by atoms with Crippen molar-refractivity contribution in [2.45, 2.75) is 0 Å². The van der Waals surface area contributed by atoms with E-state index in [9.17, 15) is 14.4 Å². The monoisotopic (exact) mass is 263 g/mol. The Balaban J connectivity index is 2.06. The summed E-state index contributed by atoms with van der Waals surface area (Å²) < 4.78 is 0. The van der Waals surface area contributed by atoms with Crippen molar-refractivity contribution in [3.8, 4) is 6.01 Å². The number of carbonyl (C=O) groups is 1. The lowest BCUT2D eigenvalue weighted by atomic mass is 10.2. The van der Waals surface area contributed by atoms with E-state index in [4.69, 9.17) is 10.6 Å². The molecule has 0 saturated heterocycles. The Labute approximate surface area is 105 Å². The Kier molecular flexibility index (Phi) is 3.28. The van der Waals surface area contributed by atoms with Gasteiger partial charge in [-0.15, -0.1) is 4.98 Å². The zero-order valence-electron chi connectivity index (χ0n) is 9.47. The molecule has 0 atom stereocenters. The SMILES string of the molecule is Nc1ccc(C(=O)NOc2nc(=O)[nH]c(=O)[nH]2)cc1. The Bertz CT molecular complexity index is 675. The van der Waals surface area contributed by atoms with Gasteiger partial charge in [-0.25, -0.2) is 9.59 Å². The second-order valence-corrected chi connectivity index (χ2v) is 3.46. The first-order valence-electron chi connectivity index (χ1n) is 5.08. The van der Waals surface area contributed by atoms with E-state index in [0.29, 0.717) is 11.3 Å². The molecule has 1 aromatic carbocycles. The molecular weight excluding hydrogens is 254 g/mol. The lowest BCUT2D eigenvalue weighted by molar-refractivity contribution is 0.0737. The topological polar surface area (TPSA) is 143 Å². The van der Waals surface area contributed by atoms with E-state index in [0.717, 1.165) is 0 Å². The lowest BCUT2D eigenvalue weighted by Gasteiger charge is -2.05. The van der Waals surface area contributed by atoms with Crippen molar-refractivity contribution in [3.05, 3.63) is 50.8 Å². The predicted octanol–water partition coefficient (Wildman–Crippen LogP) is -1.24. The second kappa shape index (κ2) is 5.04. The van der Waals surface area contributed by atoms with E-state index >= 15 is 0 Å². The number of nitrogens with two attached hydrogens (primary N) is 1. The van der Waals surface area contributed by atoms with E-state index in [2.05, 4.69) is 9.97 Å². The van der Waals surface area contributed by atoms with Crippen molar-refractivity contribution in [3.63, 3.8) is 0 Å². The number of amides is 1. The van der Waals surface area contributed by atoms with Gasteiger partial charge >= 0.3 is 17.4 Å². The van der Waals surface area contributed by atoms with Crippen LogP contribution in [0.1, 0.15) is 10.4 Å². The van der Waals surface area contributed by atoms with Crippen LogP contribution in [0.25, 0.3) is 0 Å². The van der Waals surface area contributed by atoms with Crippen molar-refractivity contribution in [2.24, 2.45) is 0 Å². The van der Waals surface area contributed by atoms with Gasteiger partial charge < -0.3 is 10.6 Å². The van der Waals surface area contributed by atoms with Crippen LogP contribution < -0.4 is 27.4 Å². The number of hydrogen-bond acceptors (Lipinski definition) is 6. The van der Waals surface area contributed by atoms with Crippen LogP contribution in [-0.2, 0) is 0 Å². The van der Waals surface area contributed by atoms with Crippen molar-refractivity contribution >= 4 is 11.6 Å². The zero-order valence-corrected chi connectivity index (χ0v) is 9.47. The van der Waals surface area contributed by atoms with E-state index in [1.807, 2.05) is 10.5 Å². The maximum absolute atomic E-state index is 11.6. The number of nitrogen functional groups attached to an aromatic ring is 1. The number of H-pyrrole nitrogens is 2. The molecular formula is C10H9N5O4. The molecule has 0 saturated carbocycles. The minimum absolute atomic E-state index is 0.293. The summed E-state index contributed by atoms with van der Waals surface area (Å²) >= 11 is 0. The largest absolute Gasteiger partial charge is 0.399 e. The van der Waals surface area contributed by atoms with E-state index in [1.54, 1.807) is 12.1 Å². The fourth-order valence-electron chi connectivity index (χ4n) is 1.21. The molecule has 0 fully saturated rings. The molecule has 0 aliphatic heterocycles. The normalized spacial score (nSPS) is 9.89. The Morgan fingerprint density at radius 3 is 2.53 bits per heavy atom. The fraction of sp³-hybridized carbons (Fsp3) is 0. The van der Waals surface area contributed by atoms with Crippen LogP contribution in [-0.4, -0.2) is 20.9 Å². The molecule has 1 heterocycles. The molecule has 1 amide bonds. The van der Waals surface area contributed by atoms with Gasteiger partial charge in [-0.2, -0.15) is 5.48 Å². The molecule has 9 heteroatoms. The third-order valence-electron chi connectivity index (χ3n) is 2.06. The first kappa shape index (κ1) is 12.4. The van der Waals surface area contributed by atoms with Gasteiger partial charge in [-0.3, -0.25) is 14.8 Å². The molecule has 98 valence electrons. The average Bonchev–Trinajstić information content (AvgIpc) is 2.36. The summed E-state index contributed by atoms with van der Waals surface area (Å²) in [5, 5.41) is 0. The van der Waals surface area contributed by atoms with Crippen LogP contribution in [0.2, 0.25) is 0 Å². The summed E-state index contributed by atoms with van der Waals surface area (Å²) in [5.74, 6) is -0.581. The number of aromatic amines is 2. The van der Waals surface area contributed by atoms with Crippen molar-refractivity contribution in [1.82, 2.24) is 20.4 Å². The summed E-state index contributed by atoms with van der Waals surface area (Å²) in [6.07, 6.45) is 0. The first-order valence-corrected chi connectivity index (χ1v) is 5.08. The molecule has 0 aliphatic rings. The van der Waals surface area contributed by atoms with Crippen LogP contribution >= 0.6 is 0 Å². The summed E-state index contributed by atoms with van der Waals surface area (Å²) in [5.41, 5.74) is 6.62. The highest BCUT2D eigenvalue weighted by Crippen LogP contribution is 2.05. The number of rotatable bonds is 3. The van der Waals surface area contributed by atoms with Gasteiger partial charge in [0.25, 0.3) is 5.91 Å². The van der Waals surface area contributed by atoms with Gasteiger partial charge in [0.2, 0.25) is 0 Å². The number of anilines is 1. The summed E-state index contributed by atoms with van der Waals surface area (Å²) in [6, 6.07) is 5.65. The van der Waals surface area contributed by atoms with Gasteiger partial charge in [-0.05, 0) is 24.3 Å². The molecule has 0 aliphatic carbocycles. The quantitative estimate of drug-likeness (QED) is 0.403. The van der Waals surface area contributed by atoms with Gasteiger partial charge in [0.1, 0.15) is 0 Å². The molecule has 0 bridgehead atoms. The minimum Gasteiger partial charge on any atom is -0.399 e. The van der Waals surface area contributed by atoms with E-state index < -0.39 is 23.3 Å². The van der Waals surface area contributed by atoms with Crippen LogP contribution in [0, 0.1) is 0 Å². The third kappa shape index (κ3) is 3.19. The van der Waals surface area contributed by atoms with Crippen molar-refractivity contribution < 1.29 is 9.63 Å². The molecule has 0 spiro atoms. The number of benzene rings is 1. The first-order chi connectivity index (χ1) is 9.04. The van der Waals surface area contributed by atoms with Gasteiger partial charge in [-0.1, -0.05) is 0 Å². The standard InChI is InChI=1S/C10H9N5O4/c11-6-3-1-5(2-4-6)7(16)15-19-10-13-8(17)12-9(18)14-10/h1-4H,11H2,(H,15,16)(H2,12,13,14,17,18). The van der Waals surface area contributed by atoms with E-state index in [1.165, 1.54) is 12.1 Å². The molecule has 0 unspecified atom stereocenters. The summed E-state index contributed by atoms with van der Waals surface area (Å²) in [6.45, 7) is 0. The molecule has 9 nitrogen and oxygen atoms in total. The Morgan fingerprint density at radius 1 is 1.21 bits per heavy atom. The Hall–Kier alpha value is -3.10. The molecule has 0 radical (unpaired) electrons.